The molecule has 0 radical (unpaired) electrons. The van der Waals surface area contributed by atoms with Gasteiger partial charge in [0.25, 0.3) is 0 Å². The number of hydrogen-bond acceptors (Lipinski definition) is 11. The van der Waals surface area contributed by atoms with Crippen LogP contribution in [-0.2, 0) is 28.5 Å². The van der Waals surface area contributed by atoms with Gasteiger partial charge in [-0.15, -0.1) is 0 Å². The number of carbonyl (C=O) groups is 2. The van der Waals surface area contributed by atoms with Crippen molar-refractivity contribution in [3.05, 3.63) is 46.6 Å². The molecule has 3 fully saturated rings. The van der Waals surface area contributed by atoms with Crippen LogP contribution in [0.3, 0.4) is 0 Å². The third-order valence-electron chi connectivity index (χ3n) is 10.9. The van der Waals surface area contributed by atoms with Crippen LogP contribution in [0.15, 0.2) is 39.8 Å². The number of ether oxygens (including phenoxy) is 5. The fourth-order valence-corrected chi connectivity index (χ4v) is 8.86. The van der Waals surface area contributed by atoms with Gasteiger partial charge in [0.2, 0.25) is 0 Å². The van der Waals surface area contributed by atoms with E-state index in [9.17, 15) is 19.5 Å². The van der Waals surface area contributed by atoms with Crippen LogP contribution >= 0.6 is 0 Å². The fourth-order valence-electron chi connectivity index (χ4n) is 8.86. The minimum Gasteiger partial charge on any atom is -0.484 e. The number of pyridine rings is 1. The van der Waals surface area contributed by atoms with E-state index in [1.807, 2.05) is 13.8 Å². The maximum Gasteiger partial charge on any atom is 0.345 e. The molecular formula is C34H43NO10. The molecule has 2 aromatic heterocycles. The van der Waals surface area contributed by atoms with Crippen LogP contribution in [0, 0.1) is 22.7 Å². The molecule has 0 spiro atoms. The molecule has 6 rings (SSSR count). The van der Waals surface area contributed by atoms with Gasteiger partial charge in [0.05, 0.1) is 6.10 Å². The van der Waals surface area contributed by atoms with E-state index in [0.29, 0.717) is 37.9 Å². The summed E-state index contributed by atoms with van der Waals surface area (Å²) in [4.78, 5) is 42.1. The molecule has 4 aliphatic rings. The Kier molecular flexibility index (Phi) is 8.33. The molecule has 2 aromatic rings. The third kappa shape index (κ3) is 5.46. The Hall–Kier alpha value is -3.28. The van der Waals surface area contributed by atoms with Crippen molar-refractivity contribution in [3.8, 4) is 17.1 Å². The van der Waals surface area contributed by atoms with Gasteiger partial charge in [-0.2, -0.15) is 0 Å². The first-order chi connectivity index (χ1) is 21.4. The second-order valence-electron chi connectivity index (χ2n) is 13.8. The van der Waals surface area contributed by atoms with Gasteiger partial charge in [-0.1, -0.05) is 13.8 Å². The highest BCUT2D eigenvalue weighted by molar-refractivity contribution is 5.67. The normalized spacial score (nSPS) is 37.3. The molecule has 9 atom stereocenters. The molecule has 2 saturated carbocycles. The molecule has 244 valence electrons. The highest BCUT2D eigenvalue weighted by Gasteiger charge is 2.70. The second-order valence-corrected chi connectivity index (χ2v) is 13.8. The monoisotopic (exact) mass is 625 g/mol. The van der Waals surface area contributed by atoms with Crippen LogP contribution in [0.2, 0.25) is 0 Å². The van der Waals surface area contributed by atoms with E-state index in [4.69, 9.17) is 28.1 Å². The summed E-state index contributed by atoms with van der Waals surface area (Å²) in [6.07, 6.45) is 4.49. The Balaban J connectivity index is 1.48. The summed E-state index contributed by atoms with van der Waals surface area (Å²) in [5.74, 6) is -1.23. The van der Waals surface area contributed by atoms with Crippen LogP contribution in [0.4, 0.5) is 0 Å². The standard InChI is InChI=1S/C34H43NO10/c1-19(36)41-18-33(4)24-16-26(44-27-10-6-7-14-40-27)34(5)30(32(24,3)12-11-25(33)42-20(2)37)29(38)28-23(45-34)15-22(43-31(28)39)21-9-8-13-35-17-21/h8-9,13,15,17,24-27,29-30,38H,6-7,10-12,14,16,18H2,1-5H3/t24?,25-,26-,27?,29?,30?,32-,33-,34+/m0/s1. The molecule has 4 heterocycles. The minimum atomic E-state index is -1.26. The Morgan fingerprint density at radius 2 is 1.91 bits per heavy atom. The molecule has 11 nitrogen and oxygen atoms in total. The second kappa shape index (κ2) is 11.8. The lowest BCUT2D eigenvalue weighted by molar-refractivity contribution is -0.302. The quantitative estimate of drug-likeness (QED) is 0.351. The van der Waals surface area contributed by atoms with Crippen LogP contribution in [0.1, 0.15) is 84.8 Å². The van der Waals surface area contributed by atoms with Gasteiger partial charge in [0, 0.05) is 55.8 Å². The molecule has 11 heteroatoms. The van der Waals surface area contributed by atoms with Crippen LogP contribution in [0.5, 0.6) is 5.75 Å². The third-order valence-corrected chi connectivity index (χ3v) is 10.9. The Labute approximate surface area is 262 Å². The Morgan fingerprint density at radius 3 is 2.58 bits per heavy atom. The average Bonchev–Trinajstić information content (AvgIpc) is 2.99. The van der Waals surface area contributed by atoms with E-state index in [1.165, 1.54) is 13.8 Å². The summed E-state index contributed by atoms with van der Waals surface area (Å²) >= 11 is 0. The van der Waals surface area contributed by atoms with Crippen molar-refractivity contribution in [2.45, 2.75) is 103 Å². The van der Waals surface area contributed by atoms with E-state index in [2.05, 4.69) is 11.9 Å². The maximum atomic E-state index is 13.6. The van der Waals surface area contributed by atoms with Crippen LogP contribution in [0.25, 0.3) is 11.3 Å². The van der Waals surface area contributed by atoms with Gasteiger partial charge in [0.15, 0.2) is 6.29 Å². The van der Waals surface area contributed by atoms with E-state index in [1.54, 1.807) is 30.6 Å². The number of aliphatic hydroxyl groups is 1. The summed E-state index contributed by atoms with van der Waals surface area (Å²) in [6.45, 7) is 9.33. The van der Waals surface area contributed by atoms with Crippen molar-refractivity contribution in [1.82, 2.24) is 4.98 Å². The smallest absolute Gasteiger partial charge is 0.345 e. The average molecular weight is 626 g/mol. The highest BCUT2D eigenvalue weighted by atomic mass is 16.7. The van der Waals surface area contributed by atoms with Crippen molar-refractivity contribution in [2.75, 3.05) is 13.2 Å². The summed E-state index contributed by atoms with van der Waals surface area (Å²) in [6, 6.07) is 5.17. The molecule has 45 heavy (non-hydrogen) atoms. The number of carbonyl (C=O) groups excluding carboxylic acids is 2. The van der Waals surface area contributed by atoms with E-state index in [-0.39, 0.29) is 29.6 Å². The van der Waals surface area contributed by atoms with Gasteiger partial charge in [-0.05, 0) is 68.9 Å². The maximum absolute atomic E-state index is 13.6. The number of hydrogen-bond donors (Lipinski definition) is 1. The predicted molar refractivity (Wildman–Crippen MR) is 160 cm³/mol. The van der Waals surface area contributed by atoms with Crippen molar-refractivity contribution in [1.29, 1.82) is 0 Å². The fraction of sp³-hybridized carbons (Fsp3) is 0.647. The SMILES string of the molecule is CC(=O)OC[C@@]1(C)C2C[C@H](OC3CCCCO3)[C@@]3(C)Oc4cc(-c5cccnc5)oc(=O)c4C(O)C3[C@@]2(C)CC[C@@H]1OC(C)=O. The number of esters is 2. The lowest BCUT2D eigenvalue weighted by Crippen LogP contribution is -2.71. The summed E-state index contributed by atoms with van der Waals surface area (Å²) in [5.41, 5.74) is -2.59. The molecule has 4 unspecified atom stereocenters. The zero-order valence-electron chi connectivity index (χ0n) is 26.6. The van der Waals surface area contributed by atoms with Gasteiger partial charge in [-0.3, -0.25) is 14.6 Å². The van der Waals surface area contributed by atoms with Crippen molar-refractivity contribution in [2.24, 2.45) is 22.7 Å². The van der Waals surface area contributed by atoms with E-state index >= 15 is 0 Å². The summed E-state index contributed by atoms with van der Waals surface area (Å²) in [7, 11) is 0. The van der Waals surface area contributed by atoms with E-state index < -0.39 is 64.5 Å². The zero-order valence-corrected chi connectivity index (χ0v) is 26.6. The minimum absolute atomic E-state index is 0.0147. The first-order valence-electron chi connectivity index (χ1n) is 15.9. The molecule has 0 aromatic carbocycles. The first kappa shape index (κ1) is 31.7. The molecule has 2 aliphatic carbocycles. The highest BCUT2D eigenvalue weighted by Crippen LogP contribution is 2.67. The van der Waals surface area contributed by atoms with Gasteiger partial charge in [0.1, 0.15) is 41.5 Å². The first-order valence-corrected chi connectivity index (χ1v) is 15.9. The Morgan fingerprint density at radius 1 is 1.11 bits per heavy atom. The van der Waals surface area contributed by atoms with Crippen molar-refractivity contribution in [3.63, 3.8) is 0 Å². The molecule has 0 amide bonds. The van der Waals surface area contributed by atoms with E-state index in [0.717, 1.165) is 12.8 Å². The largest absolute Gasteiger partial charge is 0.484 e. The topological polar surface area (TPSA) is 144 Å². The molecule has 0 bridgehead atoms. The molecule has 1 N–H and O–H groups in total. The van der Waals surface area contributed by atoms with Crippen molar-refractivity contribution >= 4 is 11.9 Å². The summed E-state index contributed by atoms with van der Waals surface area (Å²) < 4.78 is 36.9. The van der Waals surface area contributed by atoms with Crippen LogP contribution in [-0.4, -0.2) is 59.3 Å². The van der Waals surface area contributed by atoms with Crippen molar-refractivity contribution < 1.29 is 42.8 Å². The van der Waals surface area contributed by atoms with Gasteiger partial charge in [-0.25, -0.2) is 4.79 Å². The number of aliphatic hydroxyl groups excluding tert-OH is 1. The van der Waals surface area contributed by atoms with Gasteiger partial charge >= 0.3 is 17.6 Å². The Bertz CT molecular complexity index is 1490. The summed E-state index contributed by atoms with van der Waals surface area (Å²) in [5, 5.41) is 12.3. The molecule has 2 aliphatic heterocycles. The molecule has 1 saturated heterocycles. The lowest BCUT2D eigenvalue weighted by Gasteiger charge is -2.67. The number of nitrogens with zero attached hydrogens (tertiary/aromatic N) is 1. The van der Waals surface area contributed by atoms with Gasteiger partial charge < -0.3 is 33.2 Å². The molecular weight excluding hydrogens is 582 g/mol. The predicted octanol–water partition coefficient (Wildman–Crippen LogP) is 4.74. The number of aromatic nitrogens is 1. The van der Waals surface area contributed by atoms with Crippen LogP contribution < -0.4 is 10.4 Å². The lowest BCUT2D eigenvalue weighted by atomic mass is 9.42. The number of fused-ring (bicyclic) bond motifs is 4. The number of rotatable bonds is 6. The zero-order chi connectivity index (χ0) is 32.1.